The maximum absolute atomic E-state index is 13.9. The van der Waals surface area contributed by atoms with E-state index in [-0.39, 0.29) is 24.9 Å². The largest absolute Gasteiger partial charge is 0.491 e. The molecule has 0 N–H and O–H groups in total. The molecule has 1 aromatic heterocycles. The highest BCUT2D eigenvalue weighted by molar-refractivity contribution is 9.10. The molecule has 8 nitrogen and oxygen atoms in total. The van der Waals surface area contributed by atoms with Crippen molar-refractivity contribution in [3.05, 3.63) is 89.0 Å². The smallest absolute Gasteiger partial charge is 0.338 e. The summed E-state index contributed by atoms with van der Waals surface area (Å²) in [5.41, 5.74) is 1.93. The first-order valence-corrected chi connectivity index (χ1v) is 13.6. The molecule has 1 aliphatic heterocycles. The van der Waals surface area contributed by atoms with Gasteiger partial charge >= 0.3 is 5.97 Å². The lowest BCUT2D eigenvalue weighted by Crippen LogP contribution is -2.40. The van der Waals surface area contributed by atoms with Gasteiger partial charge in [0.1, 0.15) is 23.6 Å². The Bertz CT molecular complexity index is 1630. The molecule has 0 spiro atoms. The van der Waals surface area contributed by atoms with Gasteiger partial charge in [0.15, 0.2) is 11.4 Å². The van der Waals surface area contributed by atoms with Crippen LogP contribution in [-0.4, -0.2) is 29.9 Å². The quantitative estimate of drug-likeness (QED) is 0.361. The van der Waals surface area contributed by atoms with Gasteiger partial charge in [-0.25, -0.2) is 9.79 Å². The first-order valence-electron chi connectivity index (χ1n) is 12.0. The second-order valence-electron chi connectivity index (χ2n) is 8.64. The van der Waals surface area contributed by atoms with Crippen molar-refractivity contribution < 1.29 is 19.0 Å². The van der Waals surface area contributed by atoms with E-state index in [4.69, 9.17) is 19.5 Å². The summed E-state index contributed by atoms with van der Waals surface area (Å²) in [6, 6.07) is 13.9. The molecule has 0 bridgehead atoms. The van der Waals surface area contributed by atoms with Crippen LogP contribution >= 0.6 is 27.3 Å². The normalized spacial score (nSPS) is 15.1. The molecule has 38 heavy (non-hydrogen) atoms. The molecule has 0 unspecified atom stereocenters. The summed E-state index contributed by atoms with van der Waals surface area (Å²) in [6.07, 6.45) is 1.65. The number of carbonyl (C=O) groups excluding carboxylic acids is 1. The molecule has 0 amide bonds. The summed E-state index contributed by atoms with van der Waals surface area (Å²) in [7, 11) is 0. The molecule has 0 saturated carbocycles. The fraction of sp³-hybridized carbons (Fsp3) is 0.286. The Morgan fingerprint density at radius 3 is 2.71 bits per heavy atom. The van der Waals surface area contributed by atoms with E-state index in [2.05, 4.69) is 20.9 Å². The molecule has 196 valence electrons. The van der Waals surface area contributed by atoms with Crippen molar-refractivity contribution >= 4 is 39.3 Å². The number of halogens is 1. The molecule has 1 atom stereocenters. The fourth-order valence-corrected chi connectivity index (χ4v) is 5.70. The Morgan fingerprint density at radius 2 is 2.03 bits per heavy atom. The predicted molar refractivity (Wildman–Crippen MR) is 148 cm³/mol. The number of hydrogen-bond acceptors (Lipinski definition) is 8. The third-order valence-electron chi connectivity index (χ3n) is 5.64. The maximum Gasteiger partial charge on any atom is 0.338 e. The van der Waals surface area contributed by atoms with Crippen LogP contribution in [0.3, 0.4) is 0 Å². The predicted octanol–water partition coefficient (Wildman–Crippen LogP) is 4.25. The average molecular weight is 597 g/mol. The van der Waals surface area contributed by atoms with E-state index < -0.39 is 12.0 Å². The average Bonchev–Trinajstić information content (AvgIpc) is 3.17. The number of benzene rings is 2. The van der Waals surface area contributed by atoms with Gasteiger partial charge in [0.2, 0.25) is 0 Å². The van der Waals surface area contributed by atoms with E-state index in [0.29, 0.717) is 42.1 Å². The minimum atomic E-state index is -0.768. The molecule has 1 aliphatic rings. The second-order valence-corrected chi connectivity index (χ2v) is 10.5. The van der Waals surface area contributed by atoms with Gasteiger partial charge in [-0.1, -0.05) is 35.6 Å². The molecule has 0 radical (unpaired) electrons. The van der Waals surface area contributed by atoms with Crippen LogP contribution in [0.5, 0.6) is 11.5 Å². The van der Waals surface area contributed by atoms with Crippen LogP contribution in [0.15, 0.2) is 68.0 Å². The van der Waals surface area contributed by atoms with Gasteiger partial charge in [-0.3, -0.25) is 9.36 Å². The van der Waals surface area contributed by atoms with Crippen molar-refractivity contribution in [2.75, 3.05) is 13.2 Å². The number of nitrogens with zero attached hydrogens (tertiary/aromatic N) is 3. The Hall–Kier alpha value is -3.68. The number of fused-ring (bicyclic) bond motifs is 1. The van der Waals surface area contributed by atoms with Crippen LogP contribution in [0.2, 0.25) is 0 Å². The molecule has 3 aromatic rings. The van der Waals surface area contributed by atoms with Gasteiger partial charge in [0, 0.05) is 5.56 Å². The number of aromatic nitrogens is 1. The zero-order valence-electron chi connectivity index (χ0n) is 21.4. The van der Waals surface area contributed by atoms with Gasteiger partial charge < -0.3 is 14.2 Å². The van der Waals surface area contributed by atoms with E-state index in [1.807, 2.05) is 50.2 Å². The van der Waals surface area contributed by atoms with Crippen molar-refractivity contribution in [1.29, 1.82) is 5.26 Å². The summed E-state index contributed by atoms with van der Waals surface area (Å²) in [5.74, 6) is 0.585. The number of allylic oxidation sites excluding steroid dienone is 1. The molecular weight excluding hydrogens is 570 g/mol. The number of nitriles is 1. The van der Waals surface area contributed by atoms with Gasteiger partial charge in [-0.05, 0) is 73.5 Å². The molecule has 0 saturated heterocycles. The summed E-state index contributed by atoms with van der Waals surface area (Å²) >= 11 is 4.70. The third-order valence-corrected chi connectivity index (χ3v) is 7.24. The molecule has 0 aliphatic carbocycles. The molecule has 10 heteroatoms. The summed E-state index contributed by atoms with van der Waals surface area (Å²) in [6.45, 7) is 7.46. The zero-order valence-corrected chi connectivity index (χ0v) is 23.8. The molecule has 4 rings (SSSR count). The van der Waals surface area contributed by atoms with Gasteiger partial charge in [0.05, 0.1) is 33.0 Å². The topological polar surface area (TPSA) is 103 Å². The number of hydrogen-bond donors (Lipinski definition) is 0. The number of para-hydroxylation sites is 1. The summed E-state index contributed by atoms with van der Waals surface area (Å²) in [5, 5.41) is 8.76. The van der Waals surface area contributed by atoms with Crippen molar-refractivity contribution in [1.82, 2.24) is 4.57 Å². The Morgan fingerprint density at radius 1 is 1.26 bits per heavy atom. The van der Waals surface area contributed by atoms with E-state index in [9.17, 15) is 9.59 Å². The third kappa shape index (κ3) is 5.59. The van der Waals surface area contributed by atoms with E-state index in [1.165, 1.54) is 15.9 Å². The Kier molecular flexibility index (Phi) is 8.49. The highest BCUT2D eigenvalue weighted by Gasteiger charge is 2.35. The van der Waals surface area contributed by atoms with Gasteiger partial charge in [0.25, 0.3) is 5.56 Å². The lowest BCUT2D eigenvalue weighted by atomic mass is 9.95. The Labute approximate surface area is 232 Å². The monoisotopic (exact) mass is 595 g/mol. The van der Waals surface area contributed by atoms with Crippen molar-refractivity contribution in [2.45, 2.75) is 39.8 Å². The minimum Gasteiger partial charge on any atom is -0.491 e. The first kappa shape index (κ1) is 27.4. The standard InChI is InChI=1S/C28H26BrN3O5S/c1-5-35-27(34)24-17(4)31-28-32(25(24)19-8-6-7-9-21(19)37-16(2)3)26(33)23(38-28)15-18-10-11-22(20(29)14-18)36-13-12-30/h6-11,14-16,25H,5,13H2,1-4H3/b23-15+/t25-/m1/s1. The van der Waals surface area contributed by atoms with Crippen molar-refractivity contribution in [3.63, 3.8) is 0 Å². The van der Waals surface area contributed by atoms with E-state index >= 15 is 0 Å². The fourth-order valence-electron chi connectivity index (χ4n) is 4.14. The first-order chi connectivity index (χ1) is 18.2. The van der Waals surface area contributed by atoms with Crippen LogP contribution in [0.25, 0.3) is 6.08 Å². The van der Waals surface area contributed by atoms with Crippen LogP contribution in [0.1, 0.15) is 44.9 Å². The van der Waals surface area contributed by atoms with E-state index in [0.717, 1.165) is 5.56 Å². The van der Waals surface area contributed by atoms with Crippen LogP contribution in [0, 0.1) is 11.3 Å². The van der Waals surface area contributed by atoms with Crippen LogP contribution in [-0.2, 0) is 9.53 Å². The molecular formula is C28H26BrN3O5S. The number of thiazole rings is 1. The summed E-state index contributed by atoms with van der Waals surface area (Å²) in [4.78, 5) is 32.1. The maximum atomic E-state index is 13.9. The number of ether oxygens (including phenoxy) is 3. The van der Waals surface area contributed by atoms with Gasteiger partial charge in [-0.2, -0.15) is 5.26 Å². The highest BCUT2D eigenvalue weighted by atomic mass is 79.9. The van der Waals surface area contributed by atoms with Crippen molar-refractivity contribution in [3.8, 4) is 17.6 Å². The van der Waals surface area contributed by atoms with Crippen LogP contribution < -0.4 is 24.4 Å². The lowest BCUT2D eigenvalue weighted by molar-refractivity contribution is -0.139. The number of esters is 1. The van der Waals surface area contributed by atoms with Gasteiger partial charge in [-0.15, -0.1) is 0 Å². The molecule has 2 aromatic carbocycles. The second kappa shape index (κ2) is 11.8. The molecule has 2 heterocycles. The summed E-state index contributed by atoms with van der Waals surface area (Å²) < 4.78 is 19.5. The minimum absolute atomic E-state index is 0.0688. The Balaban J connectivity index is 1.91. The number of carbonyl (C=O) groups is 1. The lowest BCUT2D eigenvalue weighted by Gasteiger charge is -2.26. The van der Waals surface area contributed by atoms with Crippen LogP contribution in [0.4, 0.5) is 0 Å². The molecule has 0 fully saturated rings. The number of rotatable bonds is 8. The van der Waals surface area contributed by atoms with Crippen molar-refractivity contribution in [2.24, 2.45) is 4.99 Å². The highest BCUT2D eigenvalue weighted by Crippen LogP contribution is 2.36. The zero-order chi connectivity index (χ0) is 27.4. The van der Waals surface area contributed by atoms with E-state index in [1.54, 1.807) is 32.1 Å². The SMILES string of the molecule is CCOC(=O)C1=C(C)N=c2s/c(=C/c3ccc(OCC#N)c(Br)c3)c(=O)n2[C@@H]1c1ccccc1OC(C)C.